The molecule has 4 amide bonds. The third kappa shape index (κ3) is 14.3. The molecular weight excluding hydrogens is 915 g/mol. The largest absolute Gasteiger partial charge is 0.457 e. The molecule has 6 aromatic rings. The number of carbonyl (C=O) groups is 5. The van der Waals surface area contributed by atoms with Gasteiger partial charge in [0.15, 0.2) is 0 Å². The van der Waals surface area contributed by atoms with Crippen LogP contribution in [0.3, 0.4) is 0 Å². The lowest BCUT2D eigenvalue weighted by Crippen LogP contribution is -2.51. The van der Waals surface area contributed by atoms with Gasteiger partial charge in [-0.2, -0.15) is 20.7 Å². The van der Waals surface area contributed by atoms with Crippen LogP contribution in [0.1, 0.15) is 79.8 Å². The predicted octanol–water partition coefficient (Wildman–Crippen LogP) is 7.63. The number of nitrogens with one attached hydrogen (secondary N) is 1. The number of aldehydes is 1. The number of piperidine rings is 1. The van der Waals surface area contributed by atoms with Crippen molar-refractivity contribution in [1.82, 2.24) is 34.7 Å². The van der Waals surface area contributed by atoms with Crippen LogP contribution in [0.15, 0.2) is 133 Å². The fourth-order valence-electron chi connectivity index (χ4n) is 7.56. The number of nitriles is 2. The molecule has 72 heavy (non-hydrogen) atoms. The summed E-state index contributed by atoms with van der Waals surface area (Å²) in [5, 5.41) is 30.1. The summed E-state index contributed by atoms with van der Waals surface area (Å²) in [7, 11) is 0. The minimum Gasteiger partial charge on any atom is -0.457 e. The number of ether oxygens (including phenoxy) is 2. The van der Waals surface area contributed by atoms with E-state index in [0.29, 0.717) is 60.2 Å². The van der Waals surface area contributed by atoms with Gasteiger partial charge in [-0.3, -0.25) is 28.5 Å². The van der Waals surface area contributed by atoms with E-state index in [4.69, 9.17) is 36.3 Å². The molecule has 18 nitrogen and oxygen atoms in total. The average Bonchev–Trinajstić information content (AvgIpc) is 4.00. The first-order chi connectivity index (χ1) is 34.5. The van der Waals surface area contributed by atoms with Crippen molar-refractivity contribution < 1.29 is 33.4 Å². The second kappa shape index (κ2) is 26.8. The number of allylic oxidation sites excluding steroid dienone is 1. The number of primary amides is 2. The van der Waals surface area contributed by atoms with Crippen LogP contribution in [0.2, 0.25) is 0 Å². The van der Waals surface area contributed by atoms with Crippen LogP contribution in [-0.4, -0.2) is 98.5 Å². The molecule has 18 heteroatoms. The molecule has 0 unspecified atom stereocenters. The van der Waals surface area contributed by atoms with E-state index in [9.17, 15) is 19.2 Å². The van der Waals surface area contributed by atoms with E-state index in [1.165, 1.54) is 45.4 Å². The van der Waals surface area contributed by atoms with Crippen LogP contribution in [0.5, 0.6) is 23.0 Å². The SMILES string of the molecule is C.C/C=C(\C#N)C(=O)N1CC(n2cc(C(N)=O)c(-c3ccc(Oc4ccccc4)cc3)n2)C1.C1CCNCC1.CC=O.N#CCC(=O)N1CC(n2cc(C(N)=O)c(-c3ccc(Oc4ccccc4)cc3)n2)C1. The molecule has 0 saturated carbocycles. The molecule has 0 atom stereocenters. The molecule has 3 fully saturated rings. The Hall–Kier alpha value is -8.87. The maximum Gasteiger partial charge on any atom is 0.264 e. The Morgan fingerprint density at radius 1 is 0.653 bits per heavy atom. The quantitative estimate of drug-likeness (QED) is 0.0608. The van der Waals surface area contributed by atoms with Crippen LogP contribution in [-0.2, 0) is 14.4 Å². The van der Waals surface area contributed by atoms with Gasteiger partial charge in [0.2, 0.25) is 5.91 Å². The molecule has 0 radical (unpaired) electrons. The van der Waals surface area contributed by atoms with Crippen LogP contribution in [0, 0.1) is 22.7 Å². The highest BCUT2D eigenvalue weighted by molar-refractivity contribution is 6.00. The zero-order chi connectivity index (χ0) is 50.7. The van der Waals surface area contributed by atoms with E-state index < -0.39 is 11.8 Å². The summed E-state index contributed by atoms with van der Waals surface area (Å²) in [6.45, 7) is 7.30. The third-order valence-corrected chi connectivity index (χ3v) is 11.4. The highest BCUT2D eigenvalue weighted by Crippen LogP contribution is 2.32. The summed E-state index contributed by atoms with van der Waals surface area (Å²) in [6.07, 6.45) is 9.55. The second-order valence-electron chi connectivity index (χ2n) is 16.4. The second-order valence-corrected chi connectivity index (χ2v) is 16.4. The molecular formula is C54H59N11O7. The molecule has 5 heterocycles. The normalized spacial score (nSPS) is 13.9. The summed E-state index contributed by atoms with van der Waals surface area (Å²) in [6, 6.07) is 37.0. The van der Waals surface area contributed by atoms with Crippen molar-refractivity contribution in [2.45, 2.75) is 59.0 Å². The van der Waals surface area contributed by atoms with Gasteiger partial charge in [-0.05, 0) is 113 Å². The molecule has 4 aromatic carbocycles. The van der Waals surface area contributed by atoms with Crippen LogP contribution < -0.4 is 26.3 Å². The Morgan fingerprint density at radius 2 is 1.06 bits per heavy atom. The number of benzene rings is 4. The van der Waals surface area contributed by atoms with Gasteiger partial charge in [0.05, 0.1) is 29.3 Å². The lowest BCUT2D eigenvalue weighted by Gasteiger charge is -2.39. The zero-order valence-electron chi connectivity index (χ0n) is 39.5. The van der Waals surface area contributed by atoms with Gasteiger partial charge in [-0.15, -0.1) is 0 Å². The van der Waals surface area contributed by atoms with E-state index in [-0.39, 0.29) is 43.3 Å². The first-order valence-corrected chi connectivity index (χ1v) is 23.0. The molecule has 0 spiro atoms. The molecule has 5 N–H and O–H groups in total. The Morgan fingerprint density at radius 3 is 1.39 bits per heavy atom. The average molecular weight is 974 g/mol. The maximum atomic E-state index is 12.2. The van der Waals surface area contributed by atoms with Crippen molar-refractivity contribution >= 4 is 29.9 Å². The summed E-state index contributed by atoms with van der Waals surface area (Å²) < 4.78 is 14.9. The summed E-state index contributed by atoms with van der Waals surface area (Å²) in [5.74, 6) is 1.12. The Kier molecular flexibility index (Phi) is 20.1. The standard InChI is InChI=1S/C24H21N5O3.C22H19N5O3.C5H11N.C2H4O.CH4/c1-2-16(12-25)24(31)28-13-18(14-28)29-15-21(23(26)30)22(27-29)17-8-10-20(11-9-17)32-19-6-4-3-5-7-19;23-11-10-20(28)26-12-16(13-26)27-14-19(22(24)29)21(25-27)15-6-8-18(9-7-15)30-17-4-2-1-3-5-17;1-2-4-6-5-3-1;1-2-3;/h2-11,15,18H,13-14H2,1H3,(H2,26,30);1-9,14,16H,10,12-13H2,(H2,24,29);6H,1-5H2;2H,1H3;1H4/b16-2+;;;;. The fraction of sp³-hybridized carbons (Fsp3) is 0.278. The number of hydrogen-bond acceptors (Lipinski definition) is 12. The van der Waals surface area contributed by atoms with Crippen LogP contribution >= 0.6 is 0 Å². The number of nitrogens with two attached hydrogens (primary N) is 2. The molecule has 2 aromatic heterocycles. The van der Waals surface area contributed by atoms with Gasteiger partial charge in [-0.1, -0.05) is 56.3 Å². The van der Waals surface area contributed by atoms with Gasteiger partial charge in [0.25, 0.3) is 17.7 Å². The highest BCUT2D eigenvalue weighted by Gasteiger charge is 2.35. The minimum atomic E-state index is -0.580. The third-order valence-electron chi connectivity index (χ3n) is 11.4. The van der Waals surface area contributed by atoms with Gasteiger partial charge >= 0.3 is 0 Å². The van der Waals surface area contributed by atoms with Gasteiger partial charge < -0.3 is 40.9 Å². The first-order valence-electron chi connectivity index (χ1n) is 23.0. The van der Waals surface area contributed by atoms with E-state index in [1.807, 2.05) is 97.1 Å². The Balaban J connectivity index is 0.000000226. The summed E-state index contributed by atoms with van der Waals surface area (Å²) in [4.78, 5) is 59.9. The van der Waals surface area contributed by atoms with Crippen molar-refractivity contribution in [3.05, 3.63) is 144 Å². The summed E-state index contributed by atoms with van der Waals surface area (Å²) >= 11 is 0. The molecule has 372 valence electrons. The molecule has 3 aliphatic heterocycles. The number of nitrogens with zero attached hydrogens (tertiary/aromatic N) is 8. The number of likely N-dealkylation sites (tertiary alicyclic amines) is 2. The molecule has 0 aliphatic carbocycles. The van der Waals surface area contributed by atoms with Gasteiger partial charge in [0.1, 0.15) is 58.7 Å². The van der Waals surface area contributed by atoms with E-state index in [1.54, 1.807) is 62.7 Å². The first kappa shape index (κ1) is 54.1. The molecule has 3 aliphatic rings. The predicted molar refractivity (Wildman–Crippen MR) is 271 cm³/mol. The minimum absolute atomic E-state index is 0. The topological polar surface area (TPSA) is 258 Å². The Bertz CT molecular complexity index is 2860. The van der Waals surface area contributed by atoms with Crippen molar-refractivity contribution in [3.8, 4) is 57.7 Å². The van der Waals surface area contributed by atoms with Crippen LogP contribution in [0.4, 0.5) is 0 Å². The maximum absolute atomic E-state index is 12.2. The lowest BCUT2D eigenvalue weighted by molar-refractivity contribution is -0.136. The van der Waals surface area contributed by atoms with Gasteiger partial charge in [-0.25, -0.2) is 0 Å². The number of para-hydroxylation sites is 2. The van der Waals surface area contributed by atoms with Crippen molar-refractivity contribution in [1.29, 1.82) is 10.5 Å². The van der Waals surface area contributed by atoms with E-state index >= 15 is 0 Å². The van der Waals surface area contributed by atoms with E-state index in [2.05, 4.69) is 15.5 Å². The number of aromatic nitrogens is 4. The number of amides is 4. The Labute approximate surface area is 419 Å². The summed E-state index contributed by atoms with van der Waals surface area (Å²) in [5.41, 5.74) is 14.3. The van der Waals surface area contributed by atoms with Crippen molar-refractivity contribution in [3.63, 3.8) is 0 Å². The van der Waals surface area contributed by atoms with E-state index in [0.717, 1.165) is 28.9 Å². The highest BCUT2D eigenvalue weighted by atomic mass is 16.5. The number of rotatable bonds is 12. The van der Waals surface area contributed by atoms with Crippen molar-refractivity contribution in [2.75, 3.05) is 39.3 Å². The monoisotopic (exact) mass is 973 g/mol. The fourth-order valence-corrected chi connectivity index (χ4v) is 7.56. The van der Waals surface area contributed by atoms with Crippen LogP contribution in [0.25, 0.3) is 22.5 Å². The molecule has 3 saturated heterocycles. The zero-order valence-corrected chi connectivity index (χ0v) is 39.5. The molecule has 0 bridgehead atoms. The molecule has 9 rings (SSSR count). The lowest BCUT2D eigenvalue weighted by atomic mass is 10.1. The smallest absolute Gasteiger partial charge is 0.264 e. The van der Waals surface area contributed by atoms with Crippen molar-refractivity contribution in [2.24, 2.45) is 11.5 Å². The number of hydrogen-bond donors (Lipinski definition) is 3. The van der Waals surface area contributed by atoms with Gasteiger partial charge in [0, 0.05) is 49.7 Å². The number of carbonyl (C=O) groups excluding carboxylic acids is 5.